The van der Waals surface area contributed by atoms with E-state index in [-0.39, 0.29) is 11.7 Å². The Balaban J connectivity index is 1.77. The SMILES string of the molecule is COc1ccc(-c2cc(=O)[nH]c(NC[C@@H]3CCCO3)n2)cc1. The van der Waals surface area contributed by atoms with E-state index >= 15 is 0 Å². The summed E-state index contributed by atoms with van der Waals surface area (Å²) < 4.78 is 10.7. The monoisotopic (exact) mass is 301 g/mol. The fourth-order valence-electron chi connectivity index (χ4n) is 2.47. The minimum absolute atomic E-state index is 0.185. The molecule has 3 rings (SSSR count). The van der Waals surface area contributed by atoms with E-state index in [9.17, 15) is 4.79 Å². The van der Waals surface area contributed by atoms with Crippen LogP contribution in [-0.2, 0) is 4.74 Å². The van der Waals surface area contributed by atoms with Gasteiger partial charge in [0.25, 0.3) is 5.56 Å². The summed E-state index contributed by atoms with van der Waals surface area (Å²) >= 11 is 0. The summed E-state index contributed by atoms with van der Waals surface area (Å²) in [4.78, 5) is 19.0. The molecule has 0 saturated carbocycles. The van der Waals surface area contributed by atoms with Crippen LogP contribution in [-0.4, -0.2) is 36.3 Å². The Morgan fingerprint density at radius 3 is 2.91 bits per heavy atom. The Labute approximate surface area is 128 Å². The topological polar surface area (TPSA) is 76.2 Å². The number of anilines is 1. The zero-order valence-corrected chi connectivity index (χ0v) is 12.5. The first-order valence-corrected chi connectivity index (χ1v) is 7.36. The maximum Gasteiger partial charge on any atom is 0.252 e. The van der Waals surface area contributed by atoms with Gasteiger partial charge in [-0.25, -0.2) is 4.98 Å². The number of nitrogens with zero attached hydrogens (tertiary/aromatic N) is 1. The summed E-state index contributed by atoms with van der Waals surface area (Å²) in [5, 5.41) is 3.14. The maximum atomic E-state index is 11.8. The number of nitrogens with one attached hydrogen (secondary N) is 2. The van der Waals surface area contributed by atoms with Crippen LogP contribution in [0.15, 0.2) is 35.1 Å². The van der Waals surface area contributed by atoms with Gasteiger partial charge in [-0.05, 0) is 37.1 Å². The molecule has 1 aliphatic rings. The van der Waals surface area contributed by atoms with Crippen LogP contribution in [0.2, 0.25) is 0 Å². The van der Waals surface area contributed by atoms with Gasteiger partial charge in [0, 0.05) is 24.8 Å². The van der Waals surface area contributed by atoms with Gasteiger partial charge in [0.1, 0.15) is 5.75 Å². The number of ether oxygens (including phenoxy) is 2. The number of rotatable bonds is 5. The third kappa shape index (κ3) is 3.46. The maximum absolute atomic E-state index is 11.8. The molecule has 1 atom stereocenters. The Hall–Kier alpha value is -2.34. The Bertz CT molecular complexity index is 676. The van der Waals surface area contributed by atoms with E-state index < -0.39 is 0 Å². The smallest absolute Gasteiger partial charge is 0.252 e. The van der Waals surface area contributed by atoms with Crippen molar-refractivity contribution in [3.63, 3.8) is 0 Å². The van der Waals surface area contributed by atoms with Gasteiger partial charge in [0.2, 0.25) is 5.95 Å². The highest BCUT2D eigenvalue weighted by Crippen LogP contribution is 2.20. The van der Waals surface area contributed by atoms with E-state index in [2.05, 4.69) is 15.3 Å². The minimum atomic E-state index is -0.185. The standard InChI is InChI=1S/C16H19N3O3/c1-21-12-6-4-11(5-7-12)14-9-15(20)19-16(18-14)17-10-13-3-2-8-22-13/h4-7,9,13H,2-3,8,10H2,1H3,(H2,17,18,19,20)/t13-/m0/s1. The number of H-pyrrole nitrogens is 1. The van der Waals surface area contributed by atoms with Crippen LogP contribution in [0.1, 0.15) is 12.8 Å². The number of aromatic amines is 1. The van der Waals surface area contributed by atoms with Crippen molar-refractivity contribution < 1.29 is 9.47 Å². The molecule has 0 unspecified atom stereocenters. The average molecular weight is 301 g/mol. The second kappa shape index (κ2) is 6.62. The zero-order chi connectivity index (χ0) is 15.4. The predicted molar refractivity (Wildman–Crippen MR) is 84.3 cm³/mol. The van der Waals surface area contributed by atoms with E-state index in [1.54, 1.807) is 7.11 Å². The largest absolute Gasteiger partial charge is 0.497 e. The van der Waals surface area contributed by atoms with Crippen LogP contribution in [0.4, 0.5) is 5.95 Å². The minimum Gasteiger partial charge on any atom is -0.497 e. The van der Waals surface area contributed by atoms with Gasteiger partial charge in [0.05, 0.1) is 18.9 Å². The van der Waals surface area contributed by atoms with E-state index in [0.717, 1.165) is 30.8 Å². The van der Waals surface area contributed by atoms with Crippen LogP contribution >= 0.6 is 0 Å². The summed E-state index contributed by atoms with van der Waals surface area (Å²) in [6.45, 7) is 1.46. The third-order valence-electron chi connectivity index (χ3n) is 3.65. The Morgan fingerprint density at radius 1 is 1.41 bits per heavy atom. The van der Waals surface area contributed by atoms with Crippen molar-refractivity contribution in [3.05, 3.63) is 40.7 Å². The molecule has 6 heteroatoms. The molecular weight excluding hydrogens is 282 g/mol. The van der Waals surface area contributed by atoms with Crippen molar-refractivity contribution >= 4 is 5.95 Å². The van der Waals surface area contributed by atoms with E-state index in [4.69, 9.17) is 9.47 Å². The molecule has 1 saturated heterocycles. The molecule has 2 aromatic rings. The highest BCUT2D eigenvalue weighted by Gasteiger charge is 2.15. The van der Waals surface area contributed by atoms with E-state index in [1.165, 1.54) is 6.07 Å². The van der Waals surface area contributed by atoms with Crippen LogP contribution in [0.5, 0.6) is 5.75 Å². The molecule has 116 valence electrons. The van der Waals surface area contributed by atoms with Gasteiger partial charge in [0.15, 0.2) is 0 Å². The number of benzene rings is 1. The molecule has 0 aliphatic carbocycles. The van der Waals surface area contributed by atoms with Gasteiger partial charge < -0.3 is 14.8 Å². The van der Waals surface area contributed by atoms with Crippen molar-refractivity contribution in [3.8, 4) is 17.0 Å². The van der Waals surface area contributed by atoms with E-state index in [1.807, 2.05) is 24.3 Å². The van der Waals surface area contributed by atoms with Gasteiger partial charge in [-0.3, -0.25) is 9.78 Å². The lowest BCUT2D eigenvalue weighted by molar-refractivity contribution is 0.120. The number of aromatic nitrogens is 2. The molecule has 1 aromatic heterocycles. The highest BCUT2D eigenvalue weighted by molar-refractivity contribution is 5.60. The first kappa shape index (κ1) is 14.6. The summed E-state index contributed by atoms with van der Waals surface area (Å²) in [6.07, 6.45) is 2.31. The van der Waals surface area contributed by atoms with Gasteiger partial charge in [-0.2, -0.15) is 0 Å². The van der Waals surface area contributed by atoms with Crippen molar-refractivity contribution in [2.24, 2.45) is 0 Å². The summed E-state index contributed by atoms with van der Waals surface area (Å²) in [6, 6.07) is 8.93. The van der Waals surface area contributed by atoms with Gasteiger partial charge in [-0.1, -0.05) is 0 Å². The molecule has 1 aliphatic heterocycles. The molecular formula is C16H19N3O3. The molecule has 2 N–H and O–H groups in total. The second-order valence-corrected chi connectivity index (χ2v) is 5.22. The van der Waals surface area contributed by atoms with Crippen molar-refractivity contribution in [1.82, 2.24) is 9.97 Å². The molecule has 22 heavy (non-hydrogen) atoms. The fourth-order valence-corrected chi connectivity index (χ4v) is 2.47. The lowest BCUT2D eigenvalue weighted by Crippen LogP contribution is -2.21. The van der Waals surface area contributed by atoms with Gasteiger partial charge in [-0.15, -0.1) is 0 Å². The quantitative estimate of drug-likeness (QED) is 0.884. The Kier molecular flexibility index (Phi) is 4.39. The van der Waals surface area contributed by atoms with Crippen molar-refractivity contribution in [1.29, 1.82) is 0 Å². The lowest BCUT2D eigenvalue weighted by Gasteiger charge is -2.11. The number of hydrogen-bond acceptors (Lipinski definition) is 5. The highest BCUT2D eigenvalue weighted by atomic mass is 16.5. The lowest BCUT2D eigenvalue weighted by atomic mass is 10.1. The first-order valence-electron chi connectivity index (χ1n) is 7.36. The molecule has 0 spiro atoms. The molecule has 1 aromatic carbocycles. The van der Waals surface area contributed by atoms with Crippen molar-refractivity contribution in [2.75, 3.05) is 25.6 Å². The molecule has 6 nitrogen and oxygen atoms in total. The fraction of sp³-hybridized carbons (Fsp3) is 0.375. The summed E-state index contributed by atoms with van der Waals surface area (Å²) in [7, 11) is 1.62. The molecule has 0 amide bonds. The number of hydrogen-bond donors (Lipinski definition) is 2. The zero-order valence-electron chi connectivity index (χ0n) is 12.5. The second-order valence-electron chi connectivity index (χ2n) is 5.22. The third-order valence-corrected chi connectivity index (χ3v) is 3.65. The number of methoxy groups -OCH3 is 1. The predicted octanol–water partition coefficient (Wildman–Crippen LogP) is 2.04. The van der Waals surface area contributed by atoms with Crippen LogP contribution in [0, 0.1) is 0 Å². The Morgan fingerprint density at radius 2 is 2.23 bits per heavy atom. The van der Waals surface area contributed by atoms with Crippen LogP contribution < -0.4 is 15.6 Å². The van der Waals surface area contributed by atoms with Gasteiger partial charge >= 0.3 is 0 Å². The van der Waals surface area contributed by atoms with Crippen LogP contribution in [0.3, 0.4) is 0 Å². The molecule has 0 bridgehead atoms. The average Bonchev–Trinajstić information content (AvgIpc) is 3.06. The molecule has 2 heterocycles. The summed E-state index contributed by atoms with van der Waals surface area (Å²) in [5.41, 5.74) is 1.31. The molecule has 1 fully saturated rings. The summed E-state index contributed by atoms with van der Waals surface area (Å²) in [5.74, 6) is 1.24. The van der Waals surface area contributed by atoms with E-state index in [0.29, 0.717) is 18.2 Å². The van der Waals surface area contributed by atoms with Crippen molar-refractivity contribution in [2.45, 2.75) is 18.9 Å². The van der Waals surface area contributed by atoms with Crippen LogP contribution in [0.25, 0.3) is 11.3 Å². The first-order chi connectivity index (χ1) is 10.7. The molecule has 0 radical (unpaired) electrons. The normalized spacial score (nSPS) is 17.4.